The Bertz CT molecular complexity index is 683. The van der Waals surface area contributed by atoms with Crippen LogP contribution >= 0.6 is 0 Å². The van der Waals surface area contributed by atoms with Crippen molar-refractivity contribution in [3.63, 3.8) is 0 Å². The van der Waals surface area contributed by atoms with Crippen molar-refractivity contribution in [3.05, 3.63) is 52.8 Å². The van der Waals surface area contributed by atoms with Gasteiger partial charge in [-0.2, -0.15) is 5.10 Å². The highest BCUT2D eigenvalue weighted by Gasteiger charge is 2.34. The molecule has 5 heteroatoms. The van der Waals surface area contributed by atoms with Crippen molar-refractivity contribution >= 4 is 11.8 Å². The summed E-state index contributed by atoms with van der Waals surface area (Å²) in [7, 11) is 0. The molecule has 2 aromatic rings. The maximum atomic E-state index is 12.2. The summed E-state index contributed by atoms with van der Waals surface area (Å²) in [6.45, 7) is 5.08. The maximum Gasteiger partial charge on any atom is 0.261 e. The average molecular weight is 283 g/mol. The van der Waals surface area contributed by atoms with Crippen LogP contribution in [0.2, 0.25) is 0 Å². The normalized spacial score (nSPS) is 13.9. The third-order valence-corrected chi connectivity index (χ3v) is 3.73. The number of fused-ring (bicyclic) bond motifs is 1. The molecule has 0 saturated carbocycles. The number of aromatic nitrogens is 2. The molecule has 2 heterocycles. The number of rotatable bonds is 4. The first-order chi connectivity index (χ1) is 10.1. The number of carbonyl (C=O) groups excluding carboxylic acids is 2. The van der Waals surface area contributed by atoms with Gasteiger partial charge in [0.25, 0.3) is 11.8 Å². The summed E-state index contributed by atoms with van der Waals surface area (Å²) in [6.07, 6.45) is 0.702. The van der Waals surface area contributed by atoms with E-state index in [1.54, 1.807) is 24.3 Å². The van der Waals surface area contributed by atoms with E-state index in [2.05, 4.69) is 5.10 Å². The van der Waals surface area contributed by atoms with Crippen LogP contribution in [0.15, 0.2) is 30.3 Å². The SMILES string of the molecule is Cc1cc(C)n(CCCN2C(=O)c3ccccc3C2=O)n1. The number of hydrogen-bond donors (Lipinski definition) is 0. The van der Waals surface area contributed by atoms with Crippen LogP contribution in [-0.2, 0) is 6.54 Å². The molecule has 0 saturated heterocycles. The predicted octanol–water partition coefficient (Wildman–Crippen LogP) is 2.19. The van der Waals surface area contributed by atoms with E-state index < -0.39 is 0 Å². The Morgan fingerprint density at radius 3 is 2.14 bits per heavy atom. The fourth-order valence-corrected chi connectivity index (χ4v) is 2.72. The molecule has 1 aromatic carbocycles. The molecule has 0 atom stereocenters. The Labute approximate surface area is 123 Å². The summed E-state index contributed by atoms with van der Waals surface area (Å²) >= 11 is 0. The first kappa shape index (κ1) is 13.5. The van der Waals surface area contributed by atoms with E-state index in [1.807, 2.05) is 24.6 Å². The van der Waals surface area contributed by atoms with Gasteiger partial charge in [-0.25, -0.2) is 0 Å². The van der Waals surface area contributed by atoms with Gasteiger partial charge in [0.05, 0.1) is 16.8 Å². The Morgan fingerprint density at radius 1 is 1.00 bits per heavy atom. The molecule has 0 unspecified atom stereocenters. The van der Waals surface area contributed by atoms with Gasteiger partial charge in [-0.1, -0.05) is 12.1 Å². The summed E-state index contributed by atoms with van der Waals surface area (Å²) in [5.41, 5.74) is 3.09. The van der Waals surface area contributed by atoms with E-state index in [1.165, 1.54) is 4.90 Å². The Balaban J connectivity index is 1.66. The highest BCUT2D eigenvalue weighted by Crippen LogP contribution is 2.22. The van der Waals surface area contributed by atoms with Crippen LogP contribution in [-0.4, -0.2) is 33.0 Å². The number of hydrogen-bond acceptors (Lipinski definition) is 3. The van der Waals surface area contributed by atoms with E-state index >= 15 is 0 Å². The number of imide groups is 1. The van der Waals surface area contributed by atoms with Crippen molar-refractivity contribution in [1.29, 1.82) is 0 Å². The van der Waals surface area contributed by atoms with Crippen LogP contribution in [0.1, 0.15) is 38.5 Å². The fraction of sp³-hybridized carbons (Fsp3) is 0.312. The topological polar surface area (TPSA) is 55.2 Å². The van der Waals surface area contributed by atoms with Gasteiger partial charge >= 0.3 is 0 Å². The highest BCUT2D eigenvalue weighted by molar-refractivity contribution is 6.21. The van der Waals surface area contributed by atoms with Crippen LogP contribution in [0, 0.1) is 13.8 Å². The van der Waals surface area contributed by atoms with Crippen LogP contribution in [0.25, 0.3) is 0 Å². The van der Waals surface area contributed by atoms with Gasteiger partial charge in [0, 0.05) is 18.8 Å². The molecule has 108 valence electrons. The molecule has 21 heavy (non-hydrogen) atoms. The van der Waals surface area contributed by atoms with Crippen LogP contribution in [0.3, 0.4) is 0 Å². The molecule has 0 spiro atoms. The van der Waals surface area contributed by atoms with E-state index in [0.717, 1.165) is 11.4 Å². The van der Waals surface area contributed by atoms with E-state index in [-0.39, 0.29) is 11.8 Å². The fourth-order valence-electron chi connectivity index (χ4n) is 2.72. The summed E-state index contributed by atoms with van der Waals surface area (Å²) < 4.78 is 1.91. The number of benzene rings is 1. The molecule has 0 bridgehead atoms. The number of carbonyl (C=O) groups is 2. The van der Waals surface area contributed by atoms with Gasteiger partial charge in [-0.15, -0.1) is 0 Å². The average Bonchev–Trinajstić information content (AvgIpc) is 2.91. The summed E-state index contributed by atoms with van der Waals surface area (Å²) in [4.78, 5) is 25.7. The first-order valence-corrected chi connectivity index (χ1v) is 7.04. The summed E-state index contributed by atoms with van der Waals surface area (Å²) in [5, 5.41) is 4.38. The lowest BCUT2D eigenvalue weighted by Gasteiger charge is -2.13. The Kier molecular flexibility index (Phi) is 3.33. The molecule has 1 aliphatic rings. The first-order valence-electron chi connectivity index (χ1n) is 7.04. The minimum atomic E-state index is -0.191. The quantitative estimate of drug-likeness (QED) is 0.808. The van der Waals surface area contributed by atoms with Gasteiger partial charge in [0.1, 0.15) is 0 Å². The highest BCUT2D eigenvalue weighted by atomic mass is 16.2. The number of amides is 2. The summed E-state index contributed by atoms with van der Waals surface area (Å²) in [5.74, 6) is -0.382. The molecule has 1 aliphatic heterocycles. The second kappa shape index (κ2) is 5.16. The van der Waals surface area contributed by atoms with E-state index in [9.17, 15) is 9.59 Å². The molecule has 1 aromatic heterocycles. The lowest BCUT2D eigenvalue weighted by Crippen LogP contribution is -2.31. The van der Waals surface area contributed by atoms with Gasteiger partial charge in [-0.3, -0.25) is 19.2 Å². The van der Waals surface area contributed by atoms with Gasteiger partial charge in [0.15, 0.2) is 0 Å². The van der Waals surface area contributed by atoms with Gasteiger partial charge < -0.3 is 0 Å². The van der Waals surface area contributed by atoms with Crippen molar-refractivity contribution in [3.8, 4) is 0 Å². The van der Waals surface area contributed by atoms with E-state index in [4.69, 9.17) is 0 Å². The minimum absolute atomic E-state index is 0.191. The van der Waals surface area contributed by atoms with Crippen LogP contribution < -0.4 is 0 Å². The largest absolute Gasteiger partial charge is 0.274 e. The zero-order valence-electron chi connectivity index (χ0n) is 12.2. The molecular weight excluding hydrogens is 266 g/mol. The predicted molar refractivity (Wildman–Crippen MR) is 78.1 cm³/mol. The van der Waals surface area contributed by atoms with Crippen molar-refractivity contribution in [2.45, 2.75) is 26.8 Å². The zero-order chi connectivity index (χ0) is 15.0. The molecule has 0 N–H and O–H groups in total. The van der Waals surface area contributed by atoms with Crippen LogP contribution in [0.4, 0.5) is 0 Å². The smallest absolute Gasteiger partial charge is 0.261 e. The molecule has 0 aliphatic carbocycles. The third-order valence-electron chi connectivity index (χ3n) is 3.73. The third kappa shape index (κ3) is 2.35. The van der Waals surface area contributed by atoms with Gasteiger partial charge in [-0.05, 0) is 38.5 Å². The van der Waals surface area contributed by atoms with Crippen molar-refractivity contribution in [2.75, 3.05) is 6.54 Å². The minimum Gasteiger partial charge on any atom is -0.274 e. The standard InChI is InChI=1S/C16H17N3O2/c1-11-10-12(2)19(17-11)9-5-8-18-15(20)13-6-3-4-7-14(13)16(18)21/h3-4,6-7,10H,5,8-9H2,1-2H3. The molecule has 3 rings (SSSR count). The molecule has 2 amide bonds. The number of aryl methyl sites for hydroxylation is 3. The lowest BCUT2D eigenvalue weighted by atomic mass is 10.1. The molecule has 0 fully saturated rings. The second-order valence-electron chi connectivity index (χ2n) is 5.31. The van der Waals surface area contributed by atoms with Crippen molar-refractivity contribution in [2.24, 2.45) is 0 Å². The monoisotopic (exact) mass is 283 g/mol. The molecular formula is C16H17N3O2. The van der Waals surface area contributed by atoms with E-state index in [0.29, 0.717) is 30.6 Å². The molecule has 5 nitrogen and oxygen atoms in total. The summed E-state index contributed by atoms with van der Waals surface area (Å²) in [6, 6.07) is 8.99. The maximum absolute atomic E-state index is 12.2. The Hall–Kier alpha value is -2.43. The number of nitrogens with zero attached hydrogens (tertiary/aromatic N) is 3. The second-order valence-corrected chi connectivity index (χ2v) is 5.31. The molecule has 0 radical (unpaired) electrons. The zero-order valence-corrected chi connectivity index (χ0v) is 12.2. The van der Waals surface area contributed by atoms with Crippen molar-refractivity contribution in [1.82, 2.24) is 14.7 Å². The Morgan fingerprint density at radius 2 is 1.62 bits per heavy atom. The van der Waals surface area contributed by atoms with Crippen LogP contribution in [0.5, 0.6) is 0 Å². The van der Waals surface area contributed by atoms with Crippen molar-refractivity contribution < 1.29 is 9.59 Å². The van der Waals surface area contributed by atoms with Gasteiger partial charge in [0.2, 0.25) is 0 Å². The lowest BCUT2D eigenvalue weighted by molar-refractivity contribution is 0.0650.